The second-order valence-corrected chi connectivity index (χ2v) is 4.07. The highest BCUT2D eigenvalue weighted by Gasteiger charge is 2.02. The molecule has 18 heavy (non-hydrogen) atoms. The number of anilines is 2. The van der Waals surface area contributed by atoms with Crippen LogP contribution in [-0.2, 0) is 13.2 Å². The number of nitrogens with one attached hydrogen (secondary N) is 1. The fraction of sp³-hybridized carbons (Fsp3) is 0.143. The summed E-state index contributed by atoms with van der Waals surface area (Å²) in [6.07, 6.45) is 0. The van der Waals surface area contributed by atoms with E-state index in [1.807, 2.05) is 24.3 Å². The number of aliphatic hydroxyl groups excluding tert-OH is 1. The minimum atomic E-state index is -0.367. The summed E-state index contributed by atoms with van der Waals surface area (Å²) in [4.78, 5) is 0. The van der Waals surface area contributed by atoms with Crippen molar-refractivity contribution in [2.45, 2.75) is 13.2 Å². The molecule has 0 aromatic heterocycles. The zero-order valence-electron chi connectivity index (χ0n) is 9.86. The molecular weight excluding hydrogens is 231 g/mol. The first-order chi connectivity index (χ1) is 8.69. The predicted molar refractivity (Wildman–Crippen MR) is 70.5 cm³/mol. The minimum Gasteiger partial charge on any atom is -0.399 e. The molecule has 94 valence electrons. The molecule has 0 spiro atoms. The number of hydrogen-bond donors (Lipinski definition) is 3. The maximum absolute atomic E-state index is 13.5. The van der Waals surface area contributed by atoms with Crippen LogP contribution >= 0.6 is 0 Å². The largest absolute Gasteiger partial charge is 0.399 e. The lowest BCUT2D eigenvalue weighted by atomic mass is 10.1. The van der Waals surface area contributed by atoms with Crippen molar-refractivity contribution in [2.24, 2.45) is 0 Å². The Hall–Kier alpha value is -2.07. The van der Waals surface area contributed by atoms with Gasteiger partial charge in [-0.05, 0) is 29.3 Å². The third-order valence-corrected chi connectivity index (χ3v) is 2.65. The molecule has 0 aliphatic carbocycles. The number of nitrogen functional groups attached to an aromatic ring is 1. The van der Waals surface area contributed by atoms with Crippen molar-refractivity contribution in [3.63, 3.8) is 0 Å². The van der Waals surface area contributed by atoms with Crippen molar-refractivity contribution >= 4 is 11.4 Å². The number of nitrogens with two attached hydrogens (primary N) is 1. The van der Waals surface area contributed by atoms with E-state index < -0.39 is 0 Å². The molecule has 0 radical (unpaired) electrons. The van der Waals surface area contributed by atoms with E-state index in [2.05, 4.69) is 5.32 Å². The molecule has 0 aliphatic heterocycles. The van der Waals surface area contributed by atoms with Gasteiger partial charge in [0.2, 0.25) is 0 Å². The van der Waals surface area contributed by atoms with Gasteiger partial charge in [-0.15, -0.1) is 0 Å². The molecule has 0 fully saturated rings. The Morgan fingerprint density at radius 2 is 1.89 bits per heavy atom. The van der Waals surface area contributed by atoms with Crippen LogP contribution in [0.5, 0.6) is 0 Å². The van der Waals surface area contributed by atoms with Crippen LogP contribution in [0.25, 0.3) is 0 Å². The molecule has 2 aromatic rings. The Morgan fingerprint density at radius 3 is 2.61 bits per heavy atom. The van der Waals surface area contributed by atoms with Gasteiger partial charge < -0.3 is 16.2 Å². The summed E-state index contributed by atoms with van der Waals surface area (Å²) in [7, 11) is 0. The first kappa shape index (κ1) is 12.4. The average molecular weight is 246 g/mol. The second-order valence-electron chi connectivity index (χ2n) is 4.07. The molecule has 0 aliphatic rings. The van der Waals surface area contributed by atoms with Gasteiger partial charge in [-0.2, -0.15) is 0 Å². The van der Waals surface area contributed by atoms with E-state index in [0.717, 1.165) is 11.1 Å². The summed E-state index contributed by atoms with van der Waals surface area (Å²) < 4.78 is 13.5. The predicted octanol–water partition coefficient (Wildman–Crippen LogP) is 2.51. The van der Waals surface area contributed by atoms with Gasteiger partial charge in [0.15, 0.2) is 0 Å². The van der Waals surface area contributed by atoms with Crippen molar-refractivity contribution < 1.29 is 9.50 Å². The van der Waals surface area contributed by atoms with Crippen LogP contribution in [0.4, 0.5) is 15.8 Å². The standard InChI is InChI=1S/C14H15FN2O/c15-13-7-12(16)4-5-14(13)17-8-10-2-1-3-11(6-10)9-18/h1-7,17-18H,8-9,16H2. The Morgan fingerprint density at radius 1 is 1.11 bits per heavy atom. The highest BCUT2D eigenvalue weighted by atomic mass is 19.1. The van der Waals surface area contributed by atoms with Gasteiger partial charge in [0.1, 0.15) is 5.82 Å². The fourth-order valence-corrected chi connectivity index (χ4v) is 1.71. The topological polar surface area (TPSA) is 58.3 Å². The van der Waals surface area contributed by atoms with Crippen LogP contribution in [-0.4, -0.2) is 5.11 Å². The van der Waals surface area contributed by atoms with Gasteiger partial charge in [-0.25, -0.2) is 4.39 Å². The van der Waals surface area contributed by atoms with E-state index in [1.54, 1.807) is 12.1 Å². The molecule has 3 nitrogen and oxygen atoms in total. The third kappa shape index (κ3) is 2.99. The zero-order chi connectivity index (χ0) is 13.0. The Bertz CT molecular complexity index is 543. The molecule has 0 saturated heterocycles. The van der Waals surface area contributed by atoms with Gasteiger partial charge in [0.05, 0.1) is 12.3 Å². The first-order valence-electron chi connectivity index (χ1n) is 5.66. The normalized spacial score (nSPS) is 10.3. The molecule has 0 amide bonds. The SMILES string of the molecule is Nc1ccc(NCc2cccc(CO)c2)c(F)c1. The van der Waals surface area contributed by atoms with Crippen LogP contribution in [0.3, 0.4) is 0 Å². The van der Waals surface area contributed by atoms with Gasteiger partial charge in [-0.1, -0.05) is 24.3 Å². The van der Waals surface area contributed by atoms with E-state index in [9.17, 15) is 4.39 Å². The summed E-state index contributed by atoms with van der Waals surface area (Å²) in [5.74, 6) is -0.367. The Kier molecular flexibility index (Phi) is 3.79. The summed E-state index contributed by atoms with van der Waals surface area (Å²) in [5, 5.41) is 12.0. The number of hydrogen-bond acceptors (Lipinski definition) is 3. The van der Waals surface area contributed by atoms with Crippen LogP contribution in [0.2, 0.25) is 0 Å². The highest BCUT2D eigenvalue weighted by molar-refractivity contribution is 5.52. The van der Waals surface area contributed by atoms with Gasteiger partial charge in [0, 0.05) is 12.2 Å². The van der Waals surface area contributed by atoms with E-state index in [4.69, 9.17) is 10.8 Å². The summed E-state index contributed by atoms with van der Waals surface area (Å²) in [6, 6.07) is 12.0. The quantitative estimate of drug-likeness (QED) is 0.726. The van der Waals surface area contributed by atoms with Gasteiger partial charge in [-0.3, -0.25) is 0 Å². The molecule has 0 unspecified atom stereocenters. The molecule has 0 atom stereocenters. The highest BCUT2D eigenvalue weighted by Crippen LogP contribution is 2.18. The lowest BCUT2D eigenvalue weighted by molar-refractivity contribution is 0.281. The van der Waals surface area contributed by atoms with Gasteiger partial charge >= 0.3 is 0 Å². The molecule has 0 heterocycles. The minimum absolute atomic E-state index is 0.00404. The molecule has 2 aromatic carbocycles. The summed E-state index contributed by atoms with van der Waals surface area (Å²) in [6.45, 7) is 0.499. The molecule has 0 saturated carbocycles. The number of rotatable bonds is 4. The molecule has 4 N–H and O–H groups in total. The number of benzene rings is 2. The molecule has 4 heteroatoms. The van der Waals surface area contributed by atoms with E-state index in [0.29, 0.717) is 17.9 Å². The Labute approximate surface area is 105 Å². The number of halogens is 1. The maximum Gasteiger partial charge on any atom is 0.148 e. The van der Waals surface area contributed by atoms with Crippen LogP contribution in [0.1, 0.15) is 11.1 Å². The summed E-state index contributed by atoms with van der Waals surface area (Å²) >= 11 is 0. The number of aliphatic hydroxyl groups is 1. The van der Waals surface area contributed by atoms with Gasteiger partial charge in [0.25, 0.3) is 0 Å². The van der Waals surface area contributed by atoms with Crippen molar-refractivity contribution in [1.82, 2.24) is 0 Å². The first-order valence-corrected chi connectivity index (χ1v) is 5.66. The Balaban J connectivity index is 2.06. The van der Waals surface area contributed by atoms with Crippen molar-refractivity contribution in [2.75, 3.05) is 11.1 Å². The zero-order valence-corrected chi connectivity index (χ0v) is 9.86. The summed E-state index contributed by atoms with van der Waals surface area (Å²) in [5.41, 5.74) is 8.12. The lowest BCUT2D eigenvalue weighted by Gasteiger charge is -2.09. The fourth-order valence-electron chi connectivity index (χ4n) is 1.71. The average Bonchev–Trinajstić information content (AvgIpc) is 2.38. The van der Waals surface area contributed by atoms with Crippen molar-refractivity contribution in [3.05, 3.63) is 59.4 Å². The van der Waals surface area contributed by atoms with E-state index in [-0.39, 0.29) is 12.4 Å². The molecule has 0 bridgehead atoms. The molecular formula is C14H15FN2O. The van der Waals surface area contributed by atoms with Crippen molar-refractivity contribution in [1.29, 1.82) is 0 Å². The van der Waals surface area contributed by atoms with Crippen LogP contribution < -0.4 is 11.1 Å². The van der Waals surface area contributed by atoms with E-state index >= 15 is 0 Å². The van der Waals surface area contributed by atoms with Crippen LogP contribution in [0.15, 0.2) is 42.5 Å². The lowest BCUT2D eigenvalue weighted by Crippen LogP contribution is -2.02. The monoisotopic (exact) mass is 246 g/mol. The smallest absolute Gasteiger partial charge is 0.148 e. The second kappa shape index (κ2) is 5.51. The molecule has 2 rings (SSSR count). The van der Waals surface area contributed by atoms with Crippen LogP contribution in [0, 0.1) is 5.82 Å². The maximum atomic E-state index is 13.5. The van der Waals surface area contributed by atoms with Crippen molar-refractivity contribution in [3.8, 4) is 0 Å². The third-order valence-electron chi connectivity index (χ3n) is 2.65. The van der Waals surface area contributed by atoms with E-state index in [1.165, 1.54) is 6.07 Å².